The number of fused-ring (bicyclic) bond motifs is 1. The van der Waals surface area contributed by atoms with Crippen molar-refractivity contribution >= 4 is 68.7 Å². The third kappa shape index (κ3) is 10.6. The largest absolute Gasteiger partial charge is 0.480 e. The van der Waals surface area contributed by atoms with Crippen LogP contribution in [0.25, 0.3) is 10.8 Å². The molecule has 2 aromatic carbocycles. The Morgan fingerprint density at radius 2 is 1.40 bits per heavy atom. The van der Waals surface area contributed by atoms with E-state index in [2.05, 4.69) is 38.6 Å². The highest BCUT2D eigenvalue weighted by molar-refractivity contribution is 7.89. The normalized spacial score (nSPS) is 14.7. The highest BCUT2D eigenvalue weighted by Crippen LogP contribution is 2.30. The molecule has 0 radical (unpaired) electrons. The second kappa shape index (κ2) is 17.3. The molecule has 0 aliphatic rings. The molecule has 6 N–H and O–H groups in total. The summed E-state index contributed by atoms with van der Waals surface area (Å²) in [5.74, 6) is -5.13. The number of amides is 4. The van der Waals surface area contributed by atoms with E-state index in [1.807, 2.05) is 32.0 Å². The summed E-state index contributed by atoms with van der Waals surface area (Å²) in [6.45, 7) is 7.51. The maximum absolute atomic E-state index is 13.3. The van der Waals surface area contributed by atoms with Crippen LogP contribution in [-0.2, 0) is 34.0 Å². The maximum atomic E-state index is 13.3. The Morgan fingerprint density at radius 3 is 1.96 bits per heavy atom. The number of aliphatic carboxylic acids is 1. The lowest BCUT2D eigenvalue weighted by atomic mass is 9.96. The van der Waals surface area contributed by atoms with Gasteiger partial charge in [0, 0.05) is 36.3 Å². The topological polar surface area (TPSA) is 203 Å². The van der Waals surface area contributed by atoms with E-state index in [4.69, 9.17) is 5.11 Å². The lowest BCUT2D eigenvalue weighted by molar-refractivity contribution is -0.142. The molecular weight excluding hydrogens is 649 g/mol. The number of anilines is 1. The molecule has 47 heavy (non-hydrogen) atoms. The van der Waals surface area contributed by atoms with E-state index in [1.165, 1.54) is 13.0 Å². The van der Waals surface area contributed by atoms with Gasteiger partial charge in [-0.05, 0) is 30.9 Å². The van der Waals surface area contributed by atoms with Crippen LogP contribution in [0, 0.1) is 11.8 Å². The molecule has 260 valence electrons. The fourth-order valence-electron chi connectivity index (χ4n) is 4.67. The Balaban J connectivity index is 2.12. The van der Waals surface area contributed by atoms with E-state index in [1.54, 1.807) is 45.0 Å². The van der Waals surface area contributed by atoms with Gasteiger partial charge in [0.1, 0.15) is 24.2 Å². The van der Waals surface area contributed by atoms with E-state index >= 15 is 0 Å². The second-order valence-corrected chi connectivity index (χ2v) is 13.9. The summed E-state index contributed by atoms with van der Waals surface area (Å²) in [5.41, 5.74) is 0.819. The molecule has 4 amide bonds. The van der Waals surface area contributed by atoms with Gasteiger partial charge in [0.05, 0.1) is 11.4 Å². The minimum Gasteiger partial charge on any atom is -0.480 e. The lowest BCUT2D eigenvalue weighted by Crippen LogP contribution is -2.60. The third-order valence-electron chi connectivity index (χ3n) is 7.66. The minimum absolute atomic E-state index is 0.0115. The predicted octanol–water partition coefficient (Wildman–Crippen LogP) is 0.860. The minimum atomic E-state index is -4.14. The molecule has 0 saturated carbocycles. The summed E-state index contributed by atoms with van der Waals surface area (Å²) < 4.78 is 28.7. The summed E-state index contributed by atoms with van der Waals surface area (Å²) in [7, 11) is -0.450. The Labute approximate surface area is 281 Å². The summed E-state index contributed by atoms with van der Waals surface area (Å²) in [6, 6.07) is 5.51. The molecule has 0 aliphatic heterocycles. The number of nitrogens with one attached hydrogen (secondary N) is 5. The van der Waals surface area contributed by atoms with Crippen molar-refractivity contribution in [3.8, 4) is 0 Å². The number of rotatable bonds is 17. The zero-order valence-corrected chi connectivity index (χ0v) is 29.4. The number of carbonyl (C=O) groups excluding carboxylic acids is 4. The van der Waals surface area contributed by atoms with E-state index in [9.17, 15) is 32.4 Å². The van der Waals surface area contributed by atoms with Gasteiger partial charge in [-0.1, -0.05) is 58.4 Å². The molecule has 14 nitrogen and oxygen atoms in total. The number of nitrogens with zero attached hydrogens (tertiary/aromatic N) is 1. The predicted molar refractivity (Wildman–Crippen MR) is 183 cm³/mol. The second-order valence-electron chi connectivity index (χ2n) is 11.8. The van der Waals surface area contributed by atoms with Gasteiger partial charge in [0.15, 0.2) is 0 Å². The molecule has 16 heteroatoms. The Morgan fingerprint density at radius 1 is 0.830 bits per heavy atom. The van der Waals surface area contributed by atoms with Gasteiger partial charge in [-0.2, -0.15) is 12.6 Å². The van der Waals surface area contributed by atoms with Crippen LogP contribution in [0.1, 0.15) is 41.0 Å². The molecule has 0 bridgehead atoms. The number of hydrogen-bond acceptors (Lipinski definition) is 9. The Bertz CT molecular complexity index is 1570. The van der Waals surface area contributed by atoms with Crippen molar-refractivity contribution in [2.24, 2.45) is 11.8 Å². The molecule has 0 saturated heterocycles. The fourth-order valence-corrected chi connectivity index (χ4v) is 6.12. The molecule has 0 unspecified atom stereocenters. The fraction of sp³-hybridized carbons (Fsp3) is 0.516. The van der Waals surface area contributed by atoms with Crippen LogP contribution >= 0.6 is 12.6 Å². The highest BCUT2D eigenvalue weighted by Gasteiger charge is 2.34. The standard InChI is InChI=1S/C31H46N6O8S2/c1-8-18(4)27(30(41)33-19(5)31(42)43)36-29(40)26(17(2)3)35-28(39)22(16-46)34-25(38)15-32-47(44,45)24-14-10-11-20-21(24)12-9-13-23(20)37(6)7/h9-14,17-19,22,26-27,32,46H,8,15-16H2,1-7H3,(H,33,41)(H,34,38)(H,35,39)(H,36,40)(H,42,43)/t18-,19-,22-,26-,27-/m0/s1. The van der Waals surface area contributed by atoms with E-state index in [-0.39, 0.29) is 16.6 Å². The van der Waals surface area contributed by atoms with E-state index < -0.39 is 76.3 Å². The number of carboxylic acid groups (broad SMARTS) is 1. The van der Waals surface area contributed by atoms with Crippen molar-refractivity contribution in [3.05, 3.63) is 36.4 Å². The summed E-state index contributed by atoms with van der Waals surface area (Å²) in [6.07, 6.45) is 0.494. The number of sulfonamides is 1. The van der Waals surface area contributed by atoms with Crippen molar-refractivity contribution < 1.29 is 37.5 Å². The van der Waals surface area contributed by atoms with Crippen molar-refractivity contribution in [1.29, 1.82) is 0 Å². The van der Waals surface area contributed by atoms with Crippen molar-refractivity contribution in [3.63, 3.8) is 0 Å². The van der Waals surface area contributed by atoms with Gasteiger partial charge in [-0.3, -0.25) is 24.0 Å². The van der Waals surface area contributed by atoms with Crippen molar-refractivity contribution in [1.82, 2.24) is 26.0 Å². The van der Waals surface area contributed by atoms with Gasteiger partial charge in [-0.15, -0.1) is 0 Å². The van der Waals surface area contributed by atoms with E-state index in [0.717, 1.165) is 5.69 Å². The molecule has 5 atom stereocenters. The summed E-state index contributed by atoms with van der Waals surface area (Å²) >= 11 is 4.15. The molecule has 0 fully saturated rings. The van der Waals surface area contributed by atoms with Gasteiger partial charge in [-0.25, -0.2) is 13.1 Å². The van der Waals surface area contributed by atoms with Crippen LogP contribution in [0.4, 0.5) is 5.69 Å². The van der Waals surface area contributed by atoms with Gasteiger partial charge in [0.2, 0.25) is 33.7 Å². The molecule has 0 aromatic heterocycles. The Hall–Kier alpha value is -3.89. The van der Waals surface area contributed by atoms with Crippen LogP contribution < -0.4 is 30.9 Å². The smallest absolute Gasteiger partial charge is 0.325 e. The number of carboxylic acids is 1. The summed E-state index contributed by atoms with van der Waals surface area (Å²) in [5, 5.41) is 20.4. The number of carbonyl (C=O) groups is 5. The average Bonchev–Trinajstić information content (AvgIpc) is 3.02. The van der Waals surface area contributed by atoms with Crippen LogP contribution in [0.2, 0.25) is 0 Å². The number of hydrogen-bond donors (Lipinski definition) is 7. The van der Waals surface area contributed by atoms with Gasteiger partial charge >= 0.3 is 5.97 Å². The summed E-state index contributed by atoms with van der Waals surface area (Å²) in [4.78, 5) is 65.2. The van der Waals surface area contributed by atoms with Crippen LogP contribution in [-0.4, -0.2) is 93.7 Å². The quantitative estimate of drug-likeness (QED) is 0.117. The zero-order chi connectivity index (χ0) is 35.6. The lowest BCUT2D eigenvalue weighted by Gasteiger charge is -2.29. The first kappa shape index (κ1) is 39.3. The van der Waals surface area contributed by atoms with Gasteiger partial charge in [0.25, 0.3) is 0 Å². The number of thiol groups is 1. The van der Waals surface area contributed by atoms with Crippen LogP contribution in [0.5, 0.6) is 0 Å². The van der Waals surface area contributed by atoms with Crippen molar-refractivity contribution in [2.75, 3.05) is 31.3 Å². The maximum Gasteiger partial charge on any atom is 0.325 e. The highest BCUT2D eigenvalue weighted by atomic mass is 32.2. The third-order valence-corrected chi connectivity index (χ3v) is 9.48. The molecular formula is C31H46N6O8S2. The zero-order valence-electron chi connectivity index (χ0n) is 27.7. The first-order valence-electron chi connectivity index (χ1n) is 15.2. The number of benzene rings is 2. The average molecular weight is 695 g/mol. The van der Waals surface area contributed by atoms with Crippen molar-refractivity contribution in [2.45, 2.75) is 70.1 Å². The molecule has 0 heterocycles. The van der Waals surface area contributed by atoms with Crippen LogP contribution in [0.3, 0.4) is 0 Å². The monoisotopic (exact) mass is 694 g/mol. The molecule has 0 aliphatic carbocycles. The first-order chi connectivity index (χ1) is 21.9. The molecule has 2 rings (SSSR count). The molecule has 2 aromatic rings. The Kier molecular flexibility index (Phi) is 14.5. The van der Waals surface area contributed by atoms with E-state index in [0.29, 0.717) is 17.2 Å². The van der Waals surface area contributed by atoms with Gasteiger partial charge < -0.3 is 31.3 Å². The SMILES string of the molecule is CC[C@H](C)[C@H](NC(=O)[C@@H](NC(=O)[C@H](CS)NC(=O)CNS(=O)(=O)c1cccc2c(N(C)C)cccc12)C(C)C)C(=O)N[C@@H](C)C(=O)O. The first-order valence-corrected chi connectivity index (χ1v) is 17.3. The molecule has 0 spiro atoms. The van der Waals surface area contributed by atoms with Crippen LogP contribution in [0.15, 0.2) is 41.3 Å².